The molecule has 0 atom stereocenters. The largest absolute Gasteiger partial charge is 0.391 e. The lowest BCUT2D eigenvalue weighted by atomic mass is 9.81. The Labute approximate surface area is 155 Å². The summed E-state index contributed by atoms with van der Waals surface area (Å²) in [6.45, 7) is 0. The quantitative estimate of drug-likeness (QED) is 0.670. The molecule has 2 amide bonds. The van der Waals surface area contributed by atoms with Crippen LogP contribution in [-0.2, 0) is 9.59 Å². The fraction of sp³-hybridized carbons (Fsp3) is 0.882. The number of amides is 2. The monoisotopic (exact) mass is 406 g/mol. The van der Waals surface area contributed by atoms with Gasteiger partial charge in [-0.2, -0.15) is 26.3 Å². The van der Waals surface area contributed by atoms with Crippen LogP contribution in [0.1, 0.15) is 58.8 Å². The van der Waals surface area contributed by atoms with E-state index in [9.17, 15) is 35.9 Å². The Morgan fingerprint density at radius 1 is 0.593 bits per heavy atom. The highest BCUT2D eigenvalue weighted by Crippen LogP contribution is 2.40. The van der Waals surface area contributed by atoms with Gasteiger partial charge in [0.2, 0.25) is 11.8 Å². The zero-order chi connectivity index (χ0) is 20.1. The second-order valence-electron chi connectivity index (χ2n) is 6.99. The van der Waals surface area contributed by atoms with Gasteiger partial charge in [-0.25, -0.2) is 0 Å². The number of carbonyl (C=O) groups excluding carboxylic acids is 2. The van der Waals surface area contributed by atoms with E-state index in [1.807, 2.05) is 0 Å². The van der Waals surface area contributed by atoms with Crippen molar-refractivity contribution in [2.45, 2.75) is 71.1 Å². The van der Waals surface area contributed by atoms with E-state index >= 15 is 0 Å². The van der Waals surface area contributed by atoms with Crippen LogP contribution in [0.15, 0.2) is 0 Å². The third-order valence-corrected chi connectivity index (χ3v) is 5.18. The molecule has 2 rings (SSSR count). The first-order valence-corrected chi connectivity index (χ1v) is 8.54. The van der Waals surface area contributed by atoms with Crippen molar-refractivity contribution in [2.75, 3.05) is 0 Å². The number of hydrogen-bond donors (Lipinski definition) is 2. The van der Waals surface area contributed by atoms with Crippen molar-refractivity contribution in [3.05, 3.63) is 0 Å². The molecule has 2 saturated carbocycles. The average Bonchev–Trinajstić information content (AvgIpc) is 2.54. The molecule has 4 nitrogen and oxygen atoms in total. The Morgan fingerprint density at radius 2 is 0.815 bits per heavy atom. The third kappa shape index (κ3) is 8.38. The highest BCUT2D eigenvalue weighted by molar-refractivity contribution is 5.77. The van der Waals surface area contributed by atoms with Gasteiger partial charge in [-0.05, 0) is 51.4 Å². The molecule has 0 saturated heterocycles. The van der Waals surface area contributed by atoms with Gasteiger partial charge in [0.15, 0.2) is 0 Å². The molecule has 10 heteroatoms. The minimum atomic E-state index is -4.11. The van der Waals surface area contributed by atoms with E-state index < -0.39 is 36.0 Å². The van der Waals surface area contributed by atoms with Gasteiger partial charge in [-0.3, -0.25) is 9.59 Å². The second-order valence-corrected chi connectivity index (χ2v) is 6.99. The van der Waals surface area contributed by atoms with Gasteiger partial charge in [-0.15, -0.1) is 0 Å². The number of primary amides is 2. The van der Waals surface area contributed by atoms with E-state index in [0.29, 0.717) is 0 Å². The first-order valence-electron chi connectivity index (χ1n) is 8.54. The van der Waals surface area contributed by atoms with Gasteiger partial charge >= 0.3 is 12.4 Å². The number of hydrogen-bond acceptors (Lipinski definition) is 2. The SMILES string of the molecule is C.NC(=O)C1CCC(C(F)(F)F)CC1.NC(=O)C1CCC(C(F)(F)F)CC1. The maximum absolute atomic E-state index is 12.2. The summed E-state index contributed by atoms with van der Waals surface area (Å²) in [4.78, 5) is 21.3. The van der Waals surface area contributed by atoms with E-state index in [-0.39, 0.29) is 70.6 Å². The maximum Gasteiger partial charge on any atom is 0.391 e. The van der Waals surface area contributed by atoms with Crippen LogP contribution in [0.4, 0.5) is 26.3 Å². The molecule has 2 aliphatic carbocycles. The summed E-state index contributed by atoms with van der Waals surface area (Å²) in [6.07, 6.45) is -6.95. The van der Waals surface area contributed by atoms with Crippen LogP contribution in [0.25, 0.3) is 0 Å². The molecule has 0 heterocycles. The highest BCUT2D eigenvalue weighted by Gasteiger charge is 2.43. The molecule has 0 aromatic heterocycles. The number of alkyl halides is 6. The molecule has 0 aliphatic heterocycles. The molecule has 27 heavy (non-hydrogen) atoms. The molecule has 0 radical (unpaired) electrons. The minimum Gasteiger partial charge on any atom is -0.369 e. The summed E-state index contributed by atoms with van der Waals surface area (Å²) in [5.74, 6) is -4.11. The van der Waals surface area contributed by atoms with Crippen LogP contribution >= 0.6 is 0 Å². The molecular weight excluding hydrogens is 378 g/mol. The molecular formula is C17H28F6N2O2. The van der Waals surface area contributed by atoms with Gasteiger partial charge in [0.05, 0.1) is 11.8 Å². The number of rotatable bonds is 2. The van der Waals surface area contributed by atoms with Crippen molar-refractivity contribution in [3.8, 4) is 0 Å². The van der Waals surface area contributed by atoms with Crippen molar-refractivity contribution in [1.29, 1.82) is 0 Å². The van der Waals surface area contributed by atoms with Crippen molar-refractivity contribution in [2.24, 2.45) is 35.1 Å². The molecule has 0 unspecified atom stereocenters. The smallest absolute Gasteiger partial charge is 0.369 e. The fourth-order valence-electron chi connectivity index (χ4n) is 3.41. The molecule has 0 aromatic carbocycles. The molecule has 0 spiro atoms. The lowest BCUT2D eigenvalue weighted by molar-refractivity contribution is -0.185. The van der Waals surface area contributed by atoms with Crippen LogP contribution in [0.3, 0.4) is 0 Å². The molecule has 160 valence electrons. The zero-order valence-electron chi connectivity index (χ0n) is 14.2. The first-order chi connectivity index (χ1) is 11.8. The van der Waals surface area contributed by atoms with E-state index in [4.69, 9.17) is 11.5 Å². The summed E-state index contributed by atoms with van der Waals surface area (Å²) < 4.78 is 72.9. The van der Waals surface area contributed by atoms with E-state index in [1.165, 1.54) is 0 Å². The van der Waals surface area contributed by atoms with Crippen molar-refractivity contribution in [1.82, 2.24) is 0 Å². The Morgan fingerprint density at radius 3 is 0.963 bits per heavy atom. The Bertz CT molecular complexity index is 433. The van der Waals surface area contributed by atoms with Crippen LogP contribution in [0.5, 0.6) is 0 Å². The standard InChI is InChI=1S/2C8H12F3NO.CH4/c2*9-8(10,11)6-3-1-5(2-4-6)7(12)13;/h2*5-6H,1-4H2,(H2,12,13);1H4. The van der Waals surface area contributed by atoms with Crippen LogP contribution in [-0.4, -0.2) is 24.2 Å². The molecule has 2 aliphatic rings. The second kappa shape index (κ2) is 10.2. The molecule has 0 aromatic rings. The van der Waals surface area contributed by atoms with Crippen LogP contribution in [0, 0.1) is 23.7 Å². The topological polar surface area (TPSA) is 86.2 Å². The van der Waals surface area contributed by atoms with Crippen molar-refractivity contribution < 1.29 is 35.9 Å². The molecule has 4 N–H and O–H groups in total. The first kappa shape index (κ1) is 25.5. The van der Waals surface area contributed by atoms with E-state index in [0.717, 1.165) is 0 Å². The predicted octanol–water partition coefficient (Wildman–Crippen LogP) is 4.32. The minimum absolute atomic E-state index is 0. The normalized spacial score (nSPS) is 29.0. The lowest BCUT2D eigenvalue weighted by Crippen LogP contribution is -2.32. The van der Waals surface area contributed by atoms with Crippen LogP contribution < -0.4 is 11.5 Å². The average molecular weight is 406 g/mol. The van der Waals surface area contributed by atoms with Gasteiger partial charge in [0, 0.05) is 11.8 Å². The van der Waals surface area contributed by atoms with Gasteiger partial charge in [0.1, 0.15) is 0 Å². The summed E-state index contributed by atoms with van der Waals surface area (Å²) in [5, 5.41) is 0. The molecule has 0 bridgehead atoms. The van der Waals surface area contributed by atoms with Gasteiger partial charge in [0.25, 0.3) is 0 Å². The summed E-state index contributed by atoms with van der Waals surface area (Å²) in [6, 6.07) is 0. The number of nitrogens with two attached hydrogens (primary N) is 2. The third-order valence-electron chi connectivity index (χ3n) is 5.18. The highest BCUT2D eigenvalue weighted by atomic mass is 19.4. The predicted molar refractivity (Wildman–Crippen MR) is 88.1 cm³/mol. The van der Waals surface area contributed by atoms with Crippen LogP contribution in [0.2, 0.25) is 0 Å². The Balaban J connectivity index is 0.000000483. The Kier molecular flexibility index (Phi) is 9.61. The maximum atomic E-state index is 12.2. The number of halogens is 6. The lowest BCUT2D eigenvalue weighted by Gasteiger charge is -2.27. The summed E-state index contributed by atoms with van der Waals surface area (Å²) >= 11 is 0. The van der Waals surface area contributed by atoms with Gasteiger partial charge in [-0.1, -0.05) is 7.43 Å². The summed E-state index contributed by atoms with van der Waals surface area (Å²) in [7, 11) is 0. The molecule has 2 fully saturated rings. The van der Waals surface area contributed by atoms with E-state index in [1.54, 1.807) is 0 Å². The zero-order valence-corrected chi connectivity index (χ0v) is 14.2. The van der Waals surface area contributed by atoms with Crippen molar-refractivity contribution in [3.63, 3.8) is 0 Å². The van der Waals surface area contributed by atoms with Crippen molar-refractivity contribution >= 4 is 11.8 Å². The summed E-state index contributed by atoms with van der Waals surface area (Å²) in [5.41, 5.74) is 10.0. The number of carbonyl (C=O) groups is 2. The van der Waals surface area contributed by atoms with E-state index in [2.05, 4.69) is 0 Å². The fourth-order valence-corrected chi connectivity index (χ4v) is 3.41. The Hall–Kier alpha value is -1.48. The van der Waals surface area contributed by atoms with Gasteiger partial charge < -0.3 is 11.5 Å².